The van der Waals surface area contributed by atoms with Crippen LogP contribution in [0.1, 0.15) is 11.1 Å². The first-order valence-electron chi connectivity index (χ1n) is 6.36. The molecule has 0 spiro atoms. The summed E-state index contributed by atoms with van der Waals surface area (Å²) in [5.74, 6) is 0. The van der Waals surface area contributed by atoms with Crippen molar-refractivity contribution in [3.05, 3.63) is 63.7 Å². The lowest BCUT2D eigenvalue weighted by Gasteiger charge is -2.10. The van der Waals surface area contributed by atoms with E-state index < -0.39 is 0 Å². The first kappa shape index (κ1) is 13.9. The molecule has 20 heavy (non-hydrogen) atoms. The van der Waals surface area contributed by atoms with Gasteiger partial charge in [0.05, 0.1) is 4.92 Å². The van der Waals surface area contributed by atoms with Crippen LogP contribution in [0.4, 0.5) is 17.1 Å². The van der Waals surface area contributed by atoms with E-state index in [-0.39, 0.29) is 10.6 Å². The number of nitro groups is 1. The summed E-state index contributed by atoms with van der Waals surface area (Å²) < 4.78 is 0. The third-order valence-corrected chi connectivity index (χ3v) is 3.09. The minimum atomic E-state index is -0.372. The van der Waals surface area contributed by atoms with Gasteiger partial charge in [0.25, 0.3) is 0 Å². The zero-order valence-corrected chi connectivity index (χ0v) is 11.5. The number of anilines is 2. The lowest BCUT2D eigenvalue weighted by molar-refractivity contribution is -0.383. The van der Waals surface area contributed by atoms with Crippen LogP contribution < -0.4 is 10.6 Å². The topological polar surface area (TPSA) is 67.2 Å². The van der Waals surface area contributed by atoms with Gasteiger partial charge in [-0.3, -0.25) is 10.1 Å². The van der Waals surface area contributed by atoms with Crippen LogP contribution in [0.2, 0.25) is 0 Å². The molecule has 0 atom stereocenters. The highest BCUT2D eigenvalue weighted by Gasteiger charge is 2.18. The van der Waals surface area contributed by atoms with Crippen molar-refractivity contribution in [1.29, 1.82) is 0 Å². The quantitative estimate of drug-likeness (QED) is 0.644. The highest BCUT2D eigenvalue weighted by atomic mass is 16.6. The van der Waals surface area contributed by atoms with Gasteiger partial charge in [-0.2, -0.15) is 0 Å². The Kier molecular flexibility index (Phi) is 4.20. The van der Waals surface area contributed by atoms with Gasteiger partial charge >= 0.3 is 5.69 Å². The number of nitrogens with zero attached hydrogens (tertiary/aromatic N) is 1. The summed E-state index contributed by atoms with van der Waals surface area (Å²) in [5, 5.41) is 17.1. The SMILES string of the molecule is CNc1cccc(NCc2ccc(C)cc2)c1[N+](=O)[O-]. The Bertz CT molecular complexity index is 609. The van der Waals surface area contributed by atoms with Crippen molar-refractivity contribution in [2.24, 2.45) is 0 Å². The van der Waals surface area contributed by atoms with Crippen molar-refractivity contribution in [2.75, 3.05) is 17.7 Å². The minimum Gasteiger partial charge on any atom is -0.382 e. The van der Waals surface area contributed by atoms with Gasteiger partial charge in [-0.05, 0) is 24.6 Å². The summed E-state index contributed by atoms with van der Waals surface area (Å²) in [6.07, 6.45) is 0. The van der Waals surface area contributed by atoms with Crippen LogP contribution in [0.25, 0.3) is 0 Å². The Labute approximate surface area is 117 Å². The summed E-state index contributed by atoms with van der Waals surface area (Å²) in [6, 6.07) is 13.3. The van der Waals surface area contributed by atoms with E-state index in [0.717, 1.165) is 5.56 Å². The highest BCUT2D eigenvalue weighted by Crippen LogP contribution is 2.32. The second-order valence-corrected chi connectivity index (χ2v) is 4.55. The predicted molar refractivity (Wildman–Crippen MR) is 81.1 cm³/mol. The number of hydrogen-bond acceptors (Lipinski definition) is 4. The van der Waals surface area contributed by atoms with Crippen molar-refractivity contribution in [3.8, 4) is 0 Å². The van der Waals surface area contributed by atoms with E-state index >= 15 is 0 Å². The Hall–Kier alpha value is -2.56. The van der Waals surface area contributed by atoms with Crippen molar-refractivity contribution in [3.63, 3.8) is 0 Å². The second kappa shape index (κ2) is 6.06. The number of para-hydroxylation sites is 1. The molecule has 5 heteroatoms. The van der Waals surface area contributed by atoms with E-state index in [9.17, 15) is 10.1 Å². The number of benzene rings is 2. The molecule has 0 aliphatic carbocycles. The molecule has 2 N–H and O–H groups in total. The fourth-order valence-corrected chi connectivity index (χ4v) is 1.99. The van der Waals surface area contributed by atoms with Gasteiger partial charge in [-0.25, -0.2) is 0 Å². The molecule has 0 aliphatic rings. The summed E-state index contributed by atoms with van der Waals surface area (Å²) in [6.45, 7) is 2.58. The van der Waals surface area contributed by atoms with Crippen molar-refractivity contribution < 1.29 is 4.92 Å². The van der Waals surface area contributed by atoms with Gasteiger partial charge in [0.2, 0.25) is 0 Å². The minimum absolute atomic E-state index is 0.0714. The van der Waals surface area contributed by atoms with Gasteiger partial charge in [-0.15, -0.1) is 0 Å². The average molecular weight is 271 g/mol. The maximum atomic E-state index is 11.2. The van der Waals surface area contributed by atoms with Crippen LogP contribution in [-0.2, 0) is 6.54 Å². The zero-order chi connectivity index (χ0) is 14.5. The monoisotopic (exact) mass is 271 g/mol. The Morgan fingerprint density at radius 3 is 2.35 bits per heavy atom. The van der Waals surface area contributed by atoms with Crippen LogP contribution in [0.3, 0.4) is 0 Å². The number of hydrogen-bond donors (Lipinski definition) is 2. The maximum absolute atomic E-state index is 11.2. The molecule has 0 saturated heterocycles. The molecule has 0 amide bonds. The molecule has 2 aromatic carbocycles. The fraction of sp³-hybridized carbons (Fsp3) is 0.200. The lowest BCUT2D eigenvalue weighted by Crippen LogP contribution is -2.04. The molecule has 0 aliphatic heterocycles. The number of nitrogens with one attached hydrogen (secondary N) is 2. The maximum Gasteiger partial charge on any atom is 0.315 e. The smallest absolute Gasteiger partial charge is 0.315 e. The molecular formula is C15H17N3O2. The molecular weight excluding hydrogens is 254 g/mol. The van der Waals surface area contributed by atoms with Gasteiger partial charge in [0, 0.05) is 13.6 Å². The third-order valence-electron chi connectivity index (χ3n) is 3.09. The molecule has 2 rings (SSSR count). The summed E-state index contributed by atoms with van der Waals surface area (Å²) in [4.78, 5) is 10.8. The molecule has 0 radical (unpaired) electrons. The first-order valence-corrected chi connectivity index (χ1v) is 6.36. The second-order valence-electron chi connectivity index (χ2n) is 4.55. The molecule has 0 aromatic heterocycles. The molecule has 5 nitrogen and oxygen atoms in total. The number of aryl methyl sites for hydroxylation is 1. The first-order chi connectivity index (χ1) is 9.61. The van der Waals surface area contributed by atoms with Gasteiger partial charge in [0.1, 0.15) is 11.4 Å². The van der Waals surface area contributed by atoms with Crippen LogP contribution >= 0.6 is 0 Å². The normalized spacial score (nSPS) is 10.1. The van der Waals surface area contributed by atoms with Crippen LogP contribution in [0.5, 0.6) is 0 Å². The van der Waals surface area contributed by atoms with E-state index in [1.54, 1.807) is 25.2 Å². The average Bonchev–Trinajstić information content (AvgIpc) is 2.46. The summed E-state index contributed by atoms with van der Waals surface area (Å²) in [5.41, 5.74) is 3.37. The van der Waals surface area contributed by atoms with E-state index in [2.05, 4.69) is 10.6 Å². The Morgan fingerprint density at radius 2 is 1.75 bits per heavy atom. The summed E-state index contributed by atoms with van der Waals surface area (Å²) >= 11 is 0. The molecule has 0 bridgehead atoms. The number of rotatable bonds is 5. The van der Waals surface area contributed by atoms with Crippen molar-refractivity contribution >= 4 is 17.1 Å². The molecule has 0 heterocycles. The van der Waals surface area contributed by atoms with E-state index in [1.807, 2.05) is 31.2 Å². The molecule has 0 fully saturated rings. The van der Waals surface area contributed by atoms with Gasteiger partial charge < -0.3 is 10.6 Å². The van der Waals surface area contributed by atoms with Gasteiger partial charge in [0.15, 0.2) is 0 Å². The third kappa shape index (κ3) is 3.06. The Morgan fingerprint density at radius 1 is 1.10 bits per heavy atom. The van der Waals surface area contributed by atoms with Gasteiger partial charge in [-0.1, -0.05) is 35.9 Å². The highest BCUT2D eigenvalue weighted by molar-refractivity contribution is 5.76. The largest absolute Gasteiger partial charge is 0.382 e. The van der Waals surface area contributed by atoms with Crippen molar-refractivity contribution in [2.45, 2.75) is 13.5 Å². The molecule has 0 saturated carbocycles. The molecule has 0 unspecified atom stereocenters. The van der Waals surface area contributed by atoms with Crippen LogP contribution in [0.15, 0.2) is 42.5 Å². The Balaban J connectivity index is 2.21. The van der Waals surface area contributed by atoms with E-state index in [1.165, 1.54) is 5.56 Å². The standard InChI is InChI=1S/C15H17N3O2/c1-11-6-8-12(9-7-11)10-17-14-5-3-4-13(16-2)15(14)18(19)20/h3-9,16-17H,10H2,1-2H3. The van der Waals surface area contributed by atoms with Crippen LogP contribution in [0, 0.1) is 17.0 Å². The number of nitro benzene ring substituents is 1. The van der Waals surface area contributed by atoms with E-state index in [4.69, 9.17) is 0 Å². The van der Waals surface area contributed by atoms with Crippen LogP contribution in [-0.4, -0.2) is 12.0 Å². The van der Waals surface area contributed by atoms with Crippen molar-refractivity contribution in [1.82, 2.24) is 0 Å². The predicted octanol–water partition coefficient (Wildman–Crippen LogP) is 3.56. The fourth-order valence-electron chi connectivity index (χ4n) is 1.99. The zero-order valence-electron chi connectivity index (χ0n) is 11.5. The lowest BCUT2D eigenvalue weighted by atomic mass is 10.1. The van der Waals surface area contributed by atoms with E-state index in [0.29, 0.717) is 17.9 Å². The summed E-state index contributed by atoms with van der Waals surface area (Å²) in [7, 11) is 1.67. The molecule has 2 aromatic rings. The molecule has 104 valence electrons.